The number of carboxylic acids is 1. The minimum atomic E-state index is -0.787. The van der Waals surface area contributed by atoms with Crippen LogP contribution in [0.15, 0.2) is 18.2 Å². The number of aliphatic carboxylic acids is 1. The molecule has 0 fully saturated rings. The van der Waals surface area contributed by atoms with Gasteiger partial charge in [0.2, 0.25) is 0 Å². The first-order valence-electron chi connectivity index (χ1n) is 6.61. The molecule has 1 aromatic rings. The van der Waals surface area contributed by atoms with Gasteiger partial charge >= 0.3 is 5.97 Å². The first kappa shape index (κ1) is 15.5. The third kappa shape index (κ3) is 4.56. The van der Waals surface area contributed by atoms with Crippen molar-refractivity contribution in [1.29, 1.82) is 0 Å². The summed E-state index contributed by atoms with van der Waals surface area (Å²) in [5.41, 5.74) is 2.32. The quantitative estimate of drug-likeness (QED) is 0.822. The van der Waals surface area contributed by atoms with E-state index in [9.17, 15) is 4.79 Å². The van der Waals surface area contributed by atoms with Gasteiger partial charge in [0.05, 0.1) is 6.61 Å². The average Bonchev–Trinajstić information content (AvgIpc) is 2.38. The van der Waals surface area contributed by atoms with Crippen molar-refractivity contribution >= 4 is 5.97 Å². The molecule has 0 aromatic heterocycles. The molecule has 1 atom stereocenters. The van der Waals surface area contributed by atoms with Crippen LogP contribution in [0.25, 0.3) is 0 Å². The molecule has 1 unspecified atom stereocenters. The maximum Gasteiger partial charge on any atom is 0.320 e. The summed E-state index contributed by atoms with van der Waals surface area (Å²) in [7, 11) is 1.83. The fraction of sp³-hybridized carbons (Fsp3) is 0.533. The van der Waals surface area contributed by atoms with Crippen LogP contribution < -0.4 is 4.74 Å². The number of nitrogens with zero attached hydrogens (tertiary/aromatic N) is 1. The predicted molar refractivity (Wildman–Crippen MR) is 75.8 cm³/mol. The van der Waals surface area contributed by atoms with Gasteiger partial charge in [-0.3, -0.25) is 9.69 Å². The minimum Gasteiger partial charge on any atom is -0.494 e. The monoisotopic (exact) mass is 265 g/mol. The molecule has 0 spiro atoms. The fourth-order valence-corrected chi connectivity index (χ4v) is 1.87. The van der Waals surface area contributed by atoms with Crippen LogP contribution in [0.2, 0.25) is 0 Å². The first-order chi connectivity index (χ1) is 8.95. The van der Waals surface area contributed by atoms with Crippen molar-refractivity contribution in [1.82, 2.24) is 4.90 Å². The van der Waals surface area contributed by atoms with Crippen molar-refractivity contribution in [2.24, 2.45) is 0 Å². The zero-order chi connectivity index (χ0) is 14.4. The van der Waals surface area contributed by atoms with Crippen LogP contribution >= 0.6 is 0 Å². The molecule has 0 radical (unpaired) electrons. The number of ether oxygens (including phenoxy) is 1. The fourth-order valence-electron chi connectivity index (χ4n) is 1.87. The van der Waals surface area contributed by atoms with Gasteiger partial charge in [0.15, 0.2) is 0 Å². The molecule has 19 heavy (non-hydrogen) atoms. The summed E-state index contributed by atoms with van der Waals surface area (Å²) < 4.78 is 5.50. The van der Waals surface area contributed by atoms with Crippen LogP contribution in [-0.4, -0.2) is 42.2 Å². The van der Waals surface area contributed by atoms with Crippen LogP contribution in [0.5, 0.6) is 5.75 Å². The maximum atomic E-state index is 10.9. The van der Waals surface area contributed by atoms with Crippen LogP contribution in [-0.2, 0) is 11.2 Å². The van der Waals surface area contributed by atoms with E-state index in [4.69, 9.17) is 9.84 Å². The third-order valence-corrected chi connectivity index (χ3v) is 3.31. The molecule has 0 aliphatic rings. The Morgan fingerprint density at radius 3 is 2.68 bits per heavy atom. The van der Waals surface area contributed by atoms with E-state index >= 15 is 0 Å². The van der Waals surface area contributed by atoms with Crippen LogP contribution in [0.1, 0.15) is 25.0 Å². The zero-order valence-corrected chi connectivity index (χ0v) is 12.1. The molecule has 0 aliphatic carbocycles. The predicted octanol–water partition coefficient (Wildman–Crippen LogP) is 2.34. The standard InChI is InChI=1S/C15H23NO3/c1-5-19-14-7-6-13(10-11(14)2)8-9-16(4)12(3)15(17)18/h6-7,10,12H,5,8-9H2,1-4H3,(H,17,18). The van der Waals surface area contributed by atoms with E-state index in [-0.39, 0.29) is 0 Å². The Hall–Kier alpha value is -1.55. The summed E-state index contributed by atoms with van der Waals surface area (Å²) in [5, 5.41) is 8.93. The second-order valence-corrected chi connectivity index (χ2v) is 4.78. The van der Waals surface area contributed by atoms with Gasteiger partial charge in [0, 0.05) is 6.54 Å². The van der Waals surface area contributed by atoms with E-state index in [2.05, 4.69) is 6.07 Å². The molecule has 0 saturated heterocycles. The Kier molecular flexibility index (Phi) is 5.83. The van der Waals surface area contributed by atoms with E-state index in [1.807, 2.05) is 37.9 Å². The van der Waals surface area contributed by atoms with Gasteiger partial charge < -0.3 is 9.84 Å². The van der Waals surface area contributed by atoms with Crippen molar-refractivity contribution in [3.8, 4) is 5.75 Å². The highest BCUT2D eigenvalue weighted by atomic mass is 16.5. The molecular weight excluding hydrogens is 242 g/mol. The lowest BCUT2D eigenvalue weighted by molar-refractivity contribution is -0.142. The highest BCUT2D eigenvalue weighted by molar-refractivity contribution is 5.72. The van der Waals surface area contributed by atoms with Crippen molar-refractivity contribution in [3.05, 3.63) is 29.3 Å². The van der Waals surface area contributed by atoms with E-state index < -0.39 is 12.0 Å². The maximum absolute atomic E-state index is 10.9. The minimum absolute atomic E-state index is 0.455. The molecule has 0 amide bonds. The van der Waals surface area contributed by atoms with Gasteiger partial charge in [-0.05, 0) is 51.4 Å². The normalized spacial score (nSPS) is 12.5. The van der Waals surface area contributed by atoms with E-state index in [0.717, 1.165) is 24.3 Å². The average molecular weight is 265 g/mol. The molecule has 4 nitrogen and oxygen atoms in total. The number of hydrogen-bond acceptors (Lipinski definition) is 3. The molecule has 1 rings (SSSR count). The highest BCUT2D eigenvalue weighted by Crippen LogP contribution is 2.19. The summed E-state index contributed by atoms with van der Waals surface area (Å²) >= 11 is 0. The van der Waals surface area contributed by atoms with Gasteiger partial charge in [-0.15, -0.1) is 0 Å². The number of rotatable bonds is 7. The molecule has 4 heteroatoms. The van der Waals surface area contributed by atoms with Gasteiger partial charge in [-0.1, -0.05) is 12.1 Å². The Morgan fingerprint density at radius 1 is 1.47 bits per heavy atom. The van der Waals surface area contributed by atoms with Crippen molar-refractivity contribution in [2.75, 3.05) is 20.2 Å². The van der Waals surface area contributed by atoms with Crippen molar-refractivity contribution in [3.63, 3.8) is 0 Å². The zero-order valence-electron chi connectivity index (χ0n) is 12.1. The van der Waals surface area contributed by atoms with Gasteiger partial charge in [-0.2, -0.15) is 0 Å². The topological polar surface area (TPSA) is 49.8 Å². The summed E-state index contributed by atoms with van der Waals surface area (Å²) in [6, 6.07) is 5.67. The SMILES string of the molecule is CCOc1ccc(CCN(C)C(C)C(=O)O)cc1C. The molecule has 0 aliphatic heterocycles. The van der Waals surface area contributed by atoms with Gasteiger partial charge in [0.25, 0.3) is 0 Å². The summed E-state index contributed by atoms with van der Waals surface area (Å²) in [4.78, 5) is 12.7. The Bertz CT molecular complexity index is 431. The van der Waals surface area contributed by atoms with E-state index in [1.165, 1.54) is 5.56 Å². The Morgan fingerprint density at radius 2 is 2.16 bits per heavy atom. The number of hydrogen-bond donors (Lipinski definition) is 1. The molecule has 1 N–H and O–H groups in total. The summed E-state index contributed by atoms with van der Waals surface area (Å²) in [6.45, 7) is 7.08. The summed E-state index contributed by atoms with van der Waals surface area (Å²) in [5.74, 6) is 0.129. The number of benzene rings is 1. The lowest BCUT2D eigenvalue weighted by Gasteiger charge is -2.21. The van der Waals surface area contributed by atoms with Crippen molar-refractivity contribution in [2.45, 2.75) is 33.2 Å². The van der Waals surface area contributed by atoms with Crippen LogP contribution in [0, 0.1) is 6.92 Å². The molecule has 0 heterocycles. The number of carbonyl (C=O) groups is 1. The molecule has 106 valence electrons. The van der Waals surface area contributed by atoms with Gasteiger partial charge in [-0.25, -0.2) is 0 Å². The van der Waals surface area contributed by atoms with E-state index in [1.54, 1.807) is 6.92 Å². The summed E-state index contributed by atoms with van der Waals surface area (Å²) in [6.07, 6.45) is 0.835. The van der Waals surface area contributed by atoms with Crippen LogP contribution in [0.3, 0.4) is 0 Å². The largest absolute Gasteiger partial charge is 0.494 e. The molecular formula is C15H23NO3. The number of likely N-dealkylation sites (N-methyl/N-ethyl adjacent to an activating group) is 1. The first-order valence-corrected chi connectivity index (χ1v) is 6.61. The van der Waals surface area contributed by atoms with E-state index in [0.29, 0.717) is 6.61 Å². The van der Waals surface area contributed by atoms with Gasteiger partial charge in [0.1, 0.15) is 11.8 Å². The number of aryl methyl sites for hydroxylation is 1. The third-order valence-electron chi connectivity index (χ3n) is 3.31. The number of carboxylic acid groups (broad SMARTS) is 1. The Balaban J connectivity index is 2.59. The molecule has 0 bridgehead atoms. The lowest BCUT2D eigenvalue weighted by Crippen LogP contribution is -2.37. The second-order valence-electron chi connectivity index (χ2n) is 4.78. The van der Waals surface area contributed by atoms with Crippen LogP contribution in [0.4, 0.5) is 0 Å². The smallest absolute Gasteiger partial charge is 0.320 e. The lowest BCUT2D eigenvalue weighted by atomic mass is 10.1. The molecule has 0 saturated carbocycles. The molecule has 1 aromatic carbocycles. The van der Waals surface area contributed by atoms with Crippen molar-refractivity contribution < 1.29 is 14.6 Å². The Labute approximate surface area is 115 Å². The highest BCUT2D eigenvalue weighted by Gasteiger charge is 2.16. The second kappa shape index (κ2) is 7.14.